The quantitative estimate of drug-likeness (QED) is 0.770. The molecule has 2 aromatic carbocycles. The molecule has 3 rings (SSSR count). The molecule has 1 aliphatic rings. The zero-order valence-corrected chi connectivity index (χ0v) is 14.9. The van der Waals surface area contributed by atoms with Gasteiger partial charge in [0.15, 0.2) is 9.84 Å². The normalized spacial score (nSPS) is 13.6. The Balaban J connectivity index is 1.72. The molecule has 1 aliphatic heterocycles. The van der Waals surface area contributed by atoms with Crippen LogP contribution in [0.5, 0.6) is 0 Å². The first-order valence-electron chi connectivity index (χ1n) is 7.45. The number of amides is 1. The Morgan fingerprint density at radius 1 is 1.32 bits per heavy atom. The van der Waals surface area contributed by atoms with Crippen molar-refractivity contribution in [3.63, 3.8) is 0 Å². The maximum atomic E-state index is 12.4. The van der Waals surface area contributed by atoms with E-state index in [1.807, 2.05) is 0 Å². The van der Waals surface area contributed by atoms with Crippen LogP contribution in [0.4, 0.5) is 0 Å². The van der Waals surface area contributed by atoms with Crippen LogP contribution >= 0.6 is 11.6 Å². The van der Waals surface area contributed by atoms with E-state index >= 15 is 0 Å². The van der Waals surface area contributed by atoms with Crippen LogP contribution in [0.15, 0.2) is 41.3 Å². The third kappa shape index (κ3) is 3.87. The molecule has 0 bridgehead atoms. The van der Waals surface area contributed by atoms with E-state index in [9.17, 15) is 18.2 Å². The molecule has 0 unspecified atom stereocenters. The topological polar surface area (TPSA) is 92.7 Å². The van der Waals surface area contributed by atoms with Gasteiger partial charge >= 0.3 is 7.12 Å². The lowest BCUT2D eigenvalue weighted by Gasteiger charge is -2.09. The number of hydrogen-bond acceptors (Lipinski definition) is 5. The highest BCUT2D eigenvalue weighted by molar-refractivity contribution is 7.90. The van der Waals surface area contributed by atoms with Crippen molar-refractivity contribution in [1.82, 2.24) is 5.32 Å². The summed E-state index contributed by atoms with van der Waals surface area (Å²) in [6.07, 6.45) is 1.14. The van der Waals surface area contributed by atoms with Crippen LogP contribution in [0.1, 0.15) is 21.5 Å². The predicted molar refractivity (Wildman–Crippen MR) is 94.6 cm³/mol. The van der Waals surface area contributed by atoms with Crippen LogP contribution in [0.3, 0.4) is 0 Å². The van der Waals surface area contributed by atoms with Gasteiger partial charge in [0, 0.05) is 12.8 Å². The molecule has 0 aliphatic carbocycles. The second kappa shape index (κ2) is 6.80. The minimum Gasteiger partial charge on any atom is -0.423 e. The van der Waals surface area contributed by atoms with Gasteiger partial charge in [-0.3, -0.25) is 4.79 Å². The minimum atomic E-state index is -3.25. The second-order valence-corrected chi connectivity index (χ2v) is 8.22. The third-order valence-corrected chi connectivity index (χ3v) is 5.38. The monoisotopic (exact) mass is 379 g/mol. The summed E-state index contributed by atoms with van der Waals surface area (Å²) in [5.41, 5.74) is 2.29. The molecule has 2 aromatic rings. The van der Waals surface area contributed by atoms with Gasteiger partial charge in [-0.15, -0.1) is 0 Å². The van der Waals surface area contributed by atoms with Crippen LogP contribution in [0, 0.1) is 0 Å². The summed E-state index contributed by atoms with van der Waals surface area (Å²) in [4.78, 5) is 12.6. The Bertz CT molecular complexity index is 930. The summed E-state index contributed by atoms with van der Waals surface area (Å²) in [5.74, 6) is -0.390. The molecule has 25 heavy (non-hydrogen) atoms. The van der Waals surface area contributed by atoms with Gasteiger partial charge in [0.1, 0.15) is 0 Å². The summed E-state index contributed by atoms with van der Waals surface area (Å²) < 4.78 is 28.0. The van der Waals surface area contributed by atoms with E-state index < -0.39 is 17.0 Å². The van der Waals surface area contributed by atoms with Crippen molar-refractivity contribution >= 4 is 39.9 Å². The van der Waals surface area contributed by atoms with E-state index in [0.29, 0.717) is 5.46 Å². The number of rotatable bonds is 4. The fourth-order valence-electron chi connectivity index (χ4n) is 2.55. The number of sulfone groups is 1. The van der Waals surface area contributed by atoms with E-state index in [4.69, 9.17) is 16.3 Å². The molecule has 0 atom stereocenters. The summed E-state index contributed by atoms with van der Waals surface area (Å²) in [6, 6.07) is 9.40. The van der Waals surface area contributed by atoms with Crippen molar-refractivity contribution in [1.29, 1.82) is 0 Å². The summed E-state index contributed by atoms with van der Waals surface area (Å²) >= 11 is 6.14. The van der Waals surface area contributed by atoms with Gasteiger partial charge in [0.05, 0.1) is 22.1 Å². The molecule has 1 amide bonds. The fourth-order valence-corrected chi connectivity index (χ4v) is 3.45. The van der Waals surface area contributed by atoms with E-state index in [0.717, 1.165) is 17.4 Å². The summed E-state index contributed by atoms with van der Waals surface area (Å²) in [7, 11) is -4.30. The van der Waals surface area contributed by atoms with Gasteiger partial charge in [-0.2, -0.15) is 0 Å². The smallest absolute Gasteiger partial charge is 0.423 e. The van der Waals surface area contributed by atoms with Gasteiger partial charge in [-0.25, -0.2) is 8.42 Å². The first kappa shape index (κ1) is 17.9. The van der Waals surface area contributed by atoms with E-state index in [-0.39, 0.29) is 34.5 Å². The zero-order chi connectivity index (χ0) is 18.2. The number of halogens is 1. The molecule has 0 radical (unpaired) electrons. The Labute approximate surface area is 150 Å². The molecule has 0 saturated heterocycles. The molecule has 6 nitrogen and oxygen atoms in total. The van der Waals surface area contributed by atoms with E-state index in [2.05, 4.69) is 5.32 Å². The maximum absolute atomic E-state index is 12.4. The molecular formula is C16H15BClNO5S. The molecule has 2 N–H and O–H groups in total. The fraction of sp³-hybridized carbons (Fsp3) is 0.188. The van der Waals surface area contributed by atoms with E-state index in [1.165, 1.54) is 18.2 Å². The largest absolute Gasteiger partial charge is 0.491 e. The highest BCUT2D eigenvalue weighted by Crippen LogP contribution is 2.21. The lowest BCUT2D eigenvalue weighted by Crippen LogP contribution is -2.31. The van der Waals surface area contributed by atoms with Crippen molar-refractivity contribution in [2.24, 2.45) is 0 Å². The number of hydrogen-bond donors (Lipinski definition) is 2. The number of carbonyl (C=O) groups excluding carboxylic acids is 1. The number of benzene rings is 2. The van der Waals surface area contributed by atoms with Crippen LogP contribution in [0.25, 0.3) is 0 Å². The van der Waals surface area contributed by atoms with Crippen molar-refractivity contribution in [3.05, 3.63) is 58.1 Å². The molecule has 0 saturated carbocycles. The lowest BCUT2D eigenvalue weighted by atomic mass is 9.78. The van der Waals surface area contributed by atoms with Gasteiger partial charge in [-0.05, 0) is 40.9 Å². The Morgan fingerprint density at radius 3 is 2.64 bits per heavy atom. The van der Waals surface area contributed by atoms with Crippen molar-refractivity contribution in [2.75, 3.05) is 6.26 Å². The Hall–Kier alpha value is -1.87. The molecule has 0 fully saturated rings. The highest BCUT2D eigenvalue weighted by Gasteiger charge is 2.29. The zero-order valence-electron chi connectivity index (χ0n) is 13.3. The number of nitrogens with one attached hydrogen (secondary N) is 1. The third-order valence-electron chi connectivity index (χ3n) is 3.94. The van der Waals surface area contributed by atoms with Gasteiger partial charge in [0.25, 0.3) is 5.91 Å². The first-order valence-corrected chi connectivity index (χ1v) is 9.72. The van der Waals surface area contributed by atoms with Gasteiger partial charge < -0.3 is 15.0 Å². The van der Waals surface area contributed by atoms with Crippen LogP contribution < -0.4 is 10.8 Å². The Morgan fingerprint density at radius 2 is 2.00 bits per heavy atom. The SMILES string of the molecule is CS(=O)(=O)c1ccc(CNC(=O)c2cc3c(cc2Cl)COB3O)cc1. The van der Waals surface area contributed by atoms with E-state index in [1.54, 1.807) is 18.2 Å². The standard InChI is InChI=1S/C16H15BClNO5S/c1-25(22,23)12-4-2-10(3-5-12)8-19-16(20)13-7-14-11(6-15(13)18)9-24-17(14)21/h2-7,21H,8-9H2,1H3,(H,19,20). The molecular weight excluding hydrogens is 365 g/mol. The second-order valence-electron chi connectivity index (χ2n) is 5.79. The average Bonchev–Trinajstić information content (AvgIpc) is 2.91. The van der Waals surface area contributed by atoms with Crippen LogP contribution in [-0.4, -0.2) is 32.7 Å². The first-order chi connectivity index (χ1) is 11.8. The lowest BCUT2D eigenvalue weighted by molar-refractivity contribution is 0.0951. The minimum absolute atomic E-state index is 0.218. The molecule has 0 aromatic heterocycles. The van der Waals surface area contributed by atoms with Crippen LogP contribution in [-0.2, 0) is 27.6 Å². The number of carbonyl (C=O) groups is 1. The highest BCUT2D eigenvalue weighted by atomic mass is 35.5. The van der Waals surface area contributed by atoms with Gasteiger partial charge in [-0.1, -0.05) is 23.7 Å². The Kier molecular flexibility index (Phi) is 4.88. The molecule has 0 spiro atoms. The number of fused-ring (bicyclic) bond motifs is 1. The van der Waals surface area contributed by atoms with Crippen LogP contribution in [0.2, 0.25) is 5.02 Å². The van der Waals surface area contributed by atoms with Crippen molar-refractivity contribution in [3.8, 4) is 0 Å². The molecule has 130 valence electrons. The predicted octanol–water partition coefficient (Wildman–Crippen LogP) is 0.891. The molecule has 9 heteroatoms. The summed E-state index contributed by atoms with van der Waals surface area (Å²) in [6.45, 7) is 0.472. The maximum Gasteiger partial charge on any atom is 0.491 e. The average molecular weight is 380 g/mol. The van der Waals surface area contributed by atoms with Gasteiger partial charge in [0.2, 0.25) is 0 Å². The molecule has 1 heterocycles. The summed E-state index contributed by atoms with van der Waals surface area (Å²) in [5, 5.41) is 12.7. The van der Waals surface area contributed by atoms with Crippen molar-refractivity contribution in [2.45, 2.75) is 18.0 Å². The van der Waals surface area contributed by atoms with Crippen molar-refractivity contribution < 1.29 is 22.9 Å².